The Labute approximate surface area is 126 Å². The largest absolute Gasteiger partial charge is 0.496 e. The van der Waals surface area contributed by atoms with Crippen LogP contribution in [0.1, 0.15) is 19.3 Å². The van der Waals surface area contributed by atoms with E-state index in [4.69, 9.17) is 4.74 Å². The minimum absolute atomic E-state index is 0.0571. The molecule has 0 saturated heterocycles. The van der Waals surface area contributed by atoms with Crippen LogP contribution >= 0.6 is 15.9 Å². The minimum Gasteiger partial charge on any atom is -0.496 e. The Hall–Kier alpha value is -1.27. The summed E-state index contributed by atoms with van der Waals surface area (Å²) >= 11 is 3.38. The predicted octanol–water partition coefficient (Wildman–Crippen LogP) is 2.74. The number of ether oxygens (including phenoxy) is 1. The lowest BCUT2D eigenvalue weighted by Gasteiger charge is -2.19. The van der Waals surface area contributed by atoms with Gasteiger partial charge in [-0.2, -0.15) is 0 Å². The van der Waals surface area contributed by atoms with Crippen LogP contribution in [0.15, 0.2) is 22.7 Å². The first-order valence-electron chi connectivity index (χ1n) is 6.66. The minimum atomic E-state index is -0.243. The molecule has 3 N–H and O–H groups in total. The molecule has 1 aliphatic carbocycles. The number of carbonyl (C=O) groups is 1. The molecule has 1 fully saturated rings. The van der Waals surface area contributed by atoms with Gasteiger partial charge in [0.25, 0.3) is 0 Å². The zero-order valence-electron chi connectivity index (χ0n) is 11.4. The topological polar surface area (TPSA) is 70.6 Å². The fourth-order valence-corrected chi connectivity index (χ4v) is 3.07. The maximum Gasteiger partial charge on any atom is 0.319 e. The number of anilines is 1. The van der Waals surface area contributed by atoms with Crippen LogP contribution in [0.3, 0.4) is 0 Å². The molecule has 2 atom stereocenters. The zero-order valence-corrected chi connectivity index (χ0v) is 12.9. The van der Waals surface area contributed by atoms with Crippen LogP contribution in [-0.2, 0) is 0 Å². The Morgan fingerprint density at radius 2 is 2.30 bits per heavy atom. The summed E-state index contributed by atoms with van der Waals surface area (Å²) in [7, 11) is 1.59. The lowest BCUT2D eigenvalue weighted by molar-refractivity contribution is 0.203. The highest BCUT2D eigenvalue weighted by atomic mass is 79.9. The summed E-state index contributed by atoms with van der Waals surface area (Å²) in [6.07, 6.45) is 2.94. The van der Waals surface area contributed by atoms with Gasteiger partial charge in [-0.15, -0.1) is 0 Å². The van der Waals surface area contributed by atoms with E-state index in [2.05, 4.69) is 26.6 Å². The first kappa shape index (κ1) is 15.1. The van der Waals surface area contributed by atoms with Crippen LogP contribution in [0.4, 0.5) is 10.5 Å². The van der Waals surface area contributed by atoms with Crippen LogP contribution in [0, 0.1) is 5.92 Å². The number of nitrogens with one attached hydrogen (secondary N) is 2. The molecule has 1 aromatic rings. The van der Waals surface area contributed by atoms with Gasteiger partial charge < -0.3 is 20.5 Å². The average Bonchev–Trinajstić information content (AvgIpc) is 2.86. The number of amides is 2. The van der Waals surface area contributed by atoms with Gasteiger partial charge in [0.15, 0.2) is 0 Å². The van der Waals surface area contributed by atoms with Crippen molar-refractivity contribution in [1.29, 1.82) is 0 Å². The van der Waals surface area contributed by atoms with Gasteiger partial charge in [-0.1, -0.05) is 6.42 Å². The molecule has 2 amide bonds. The highest BCUT2D eigenvalue weighted by molar-refractivity contribution is 9.10. The molecule has 1 aromatic carbocycles. The van der Waals surface area contributed by atoms with E-state index in [-0.39, 0.29) is 24.6 Å². The summed E-state index contributed by atoms with van der Waals surface area (Å²) in [6, 6.07) is 5.16. The number of urea groups is 1. The molecule has 0 aliphatic heterocycles. The molecule has 0 heterocycles. The molecule has 1 aliphatic rings. The molecule has 5 nitrogen and oxygen atoms in total. The van der Waals surface area contributed by atoms with Crippen LogP contribution in [0.2, 0.25) is 0 Å². The number of aliphatic hydroxyl groups is 1. The monoisotopic (exact) mass is 342 g/mol. The highest BCUT2D eigenvalue weighted by Crippen LogP contribution is 2.28. The maximum absolute atomic E-state index is 11.9. The molecule has 6 heteroatoms. The van der Waals surface area contributed by atoms with E-state index < -0.39 is 0 Å². The third kappa shape index (κ3) is 3.64. The van der Waals surface area contributed by atoms with Crippen LogP contribution in [0.5, 0.6) is 5.75 Å². The zero-order chi connectivity index (χ0) is 14.5. The Morgan fingerprint density at radius 1 is 1.50 bits per heavy atom. The molecule has 110 valence electrons. The number of methoxy groups -OCH3 is 1. The molecular formula is C14H19BrN2O3. The average molecular weight is 343 g/mol. The summed E-state index contributed by atoms with van der Waals surface area (Å²) < 4.78 is 5.92. The molecule has 20 heavy (non-hydrogen) atoms. The SMILES string of the molecule is COc1ccc(NC(=O)N[C@H]2CCC[C@H]2CO)cc1Br. The fourth-order valence-electron chi connectivity index (χ4n) is 2.53. The Bertz CT molecular complexity index is 481. The molecular weight excluding hydrogens is 324 g/mol. The second-order valence-corrected chi connectivity index (χ2v) is 5.78. The van der Waals surface area contributed by atoms with Crippen molar-refractivity contribution in [3.8, 4) is 5.75 Å². The maximum atomic E-state index is 11.9. The van der Waals surface area contributed by atoms with Crippen LogP contribution in [0.25, 0.3) is 0 Å². The van der Waals surface area contributed by atoms with E-state index in [1.165, 1.54) is 0 Å². The second-order valence-electron chi connectivity index (χ2n) is 4.93. The first-order chi connectivity index (χ1) is 9.63. The van der Waals surface area contributed by atoms with Crippen molar-refractivity contribution in [2.24, 2.45) is 5.92 Å². The second kappa shape index (κ2) is 6.95. The number of rotatable bonds is 4. The van der Waals surface area contributed by atoms with Crippen LogP contribution in [-0.4, -0.2) is 30.9 Å². The van der Waals surface area contributed by atoms with Crippen molar-refractivity contribution in [2.45, 2.75) is 25.3 Å². The summed E-state index contributed by atoms with van der Waals surface area (Å²) in [5.74, 6) is 0.885. The molecule has 0 unspecified atom stereocenters. The molecule has 2 rings (SSSR count). The van der Waals surface area contributed by atoms with Crippen molar-refractivity contribution in [1.82, 2.24) is 5.32 Å². The van der Waals surface area contributed by atoms with Gasteiger partial charge in [0.05, 0.1) is 11.6 Å². The molecule has 0 spiro atoms. The summed E-state index contributed by atoms with van der Waals surface area (Å²) in [6.45, 7) is 0.124. The van der Waals surface area contributed by atoms with Gasteiger partial charge in [0.2, 0.25) is 0 Å². The Kier molecular flexibility index (Phi) is 5.25. The van der Waals surface area contributed by atoms with Gasteiger partial charge in [0, 0.05) is 24.3 Å². The Balaban J connectivity index is 1.92. The number of hydrogen-bond donors (Lipinski definition) is 3. The summed E-state index contributed by atoms with van der Waals surface area (Å²) in [5, 5.41) is 14.9. The van der Waals surface area contributed by atoms with Gasteiger partial charge >= 0.3 is 6.03 Å². The van der Waals surface area contributed by atoms with Crippen molar-refractivity contribution >= 4 is 27.6 Å². The molecule has 0 aromatic heterocycles. The van der Waals surface area contributed by atoms with Crippen molar-refractivity contribution < 1.29 is 14.6 Å². The third-order valence-electron chi connectivity index (χ3n) is 3.62. The van der Waals surface area contributed by atoms with E-state index in [9.17, 15) is 9.90 Å². The van der Waals surface area contributed by atoms with Gasteiger partial charge in [-0.25, -0.2) is 4.79 Å². The van der Waals surface area contributed by atoms with E-state index in [0.717, 1.165) is 23.7 Å². The third-order valence-corrected chi connectivity index (χ3v) is 4.24. The van der Waals surface area contributed by atoms with E-state index in [0.29, 0.717) is 11.4 Å². The van der Waals surface area contributed by atoms with Crippen molar-refractivity contribution in [2.75, 3.05) is 19.0 Å². The fraction of sp³-hybridized carbons (Fsp3) is 0.500. The normalized spacial score (nSPS) is 21.6. The number of carbonyl (C=O) groups excluding carboxylic acids is 1. The summed E-state index contributed by atoms with van der Waals surface area (Å²) in [5.41, 5.74) is 0.689. The highest BCUT2D eigenvalue weighted by Gasteiger charge is 2.27. The number of benzene rings is 1. The van der Waals surface area contributed by atoms with E-state index in [1.807, 2.05) is 0 Å². The first-order valence-corrected chi connectivity index (χ1v) is 7.45. The van der Waals surface area contributed by atoms with Gasteiger partial charge in [-0.05, 0) is 47.0 Å². The summed E-state index contributed by atoms with van der Waals surface area (Å²) in [4.78, 5) is 11.9. The lowest BCUT2D eigenvalue weighted by atomic mass is 10.1. The van der Waals surface area contributed by atoms with Crippen LogP contribution < -0.4 is 15.4 Å². The lowest BCUT2D eigenvalue weighted by Crippen LogP contribution is -2.41. The molecule has 1 saturated carbocycles. The standard InChI is InChI=1S/C14H19BrN2O3/c1-20-13-6-5-10(7-11(13)15)16-14(19)17-12-4-2-3-9(12)8-18/h5-7,9,12,18H,2-4,8H2,1H3,(H2,16,17,19)/t9-,12-/m0/s1. The number of halogens is 1. The molecule has 0 bridgehead atoms. The predicted molar refractivity (Wildman–Crippen MR) is 81.1 cm³/mol. The number of aliphatic hydroxyl groups excluding tert-OH is 1. The molecule has 0 radical (unpaired) electrons. The quantitative estimate of drug-likeness (QED) is 0.787. The smallest absolute Gasteiger partial charge is 0.319 e. The van der Waals surface area contributed by atoms with E-state index >= 15 is 0 Å². The van der Waals surface area contributed by atoms with Crippen molar-refractivity contribution in [3.63, 3.8) is 0 Å². The van der Waals surface area contributed by atoms with E-state index in [1.54, 1.807) is 25.3 Å². The van der Waals surface area contributed by atoms with Gasteiger partial charge in [0.1, 0.15) is 5.75 Å². The van der Waals surface area contributed by atoms with Crippen molar-refractivity contribution in [3.05, 3.63) is 22.7 Å². The Morgan fingerprint density at radius 3 is 2.95 bits per heavy atom. The number of hydrogen-bond acceptors (Lipinski definition) is 3. The van der Waals surface area contributed by atoms with Gasteiger partial charge in [-0.3, -0.25) is 0 Å².